The highest BCUT2D eigenvalue weighted by atomic mass is 16.4. The number of likely N-dealkylation sites (N-methyl/N-ethyl adjacent to an activating group) is 1. The topological polar surface area (TPSA) is 40.5 Å². The van der Waals surface area contributed by atoms with Crippen LogP contribution in [0.5, 0.6) is 0 Å². The van der Waals surface area contributed by atoms with E-state index in [1.54, 1.807) is 0 Å². The summed E-state index contributed by atoms with van der Waals surface area (Å²) in [5, 5.41) is 8.49. The first-order valence-electron chi connectivity index (χ1n) is 4.00. The van der Waals surface area contributed by atoms with Gasteiger partial charge in [0.2, 0.25) is 0 Å². The number of hydrogen-bond donors (Lipinski definition) is 1. The van der Waals surface area contributed by atoms with E-state index >= 15 is 0 Å². The molecule has 0 aliphatic heterocycles. The molecular weight excluding hydrogens is 142 g/mol. The number of hydrogen-bond acceptors (Lipinski definition) is 2. The lowest BCUT2D eigenvalue weighted by Gasteiger charge is -2.19. The van der Waals surface area contributed by atoms with Crippen LogP contribution < -0.4 is 0 Å². The second-order valence-electron chi connectivity index (χ2n) is 3.12. The van der Waals surface area contributed by atoms with Crippen LogP contribution in [0, 0.1) is 5.92 Å². The van der Waals surface area contributed by atoms with Gasteiger partial charge in [0, 0.05) is 6.54 Å². The molecule has 0 amide bonds. The summed E-state index contributed by atoms with van der Waals surface area (Å²) in [5.74, 6) is -0.207. The van der Waals surface area contributed by atoms with Crippen molar-refractivity contribution in [3.63, 3.8) is 0 Å². The maximum atomic E-state index is 10.3. The quantitative estimate of drug-likeness (QED) is 0.651. The van der Waals surface area contributed by atoms with Crippen LogP contribution in [0.4, 0.5) is 0 Å². The lowest BCUT2D eigenvalue weighted by molar-refractivity contribution is -0.138. The molecule has 0 aromatic heterocycles. The second-order valence-corrected chi connectivity index (χ2v) is 3.12. The van der Waals surface area contributed by atoms with E-state index in [9.17, 15) is 4.79 Å². The van der Waals surface area contributed by atoms with Crippen molar-refractivity contribution in [2.75, 3.05) is 19.6 Å². The highest BCUT2D eigenvalue weighted by molar-refractivity contribution is 5.69. The third-order valence-electron chi connectivity index (χ3n) is 1.43. The Labute approximate surface area is 68.0 Å². The summed E-state index contributed by atoms with van der Waals surface area (Å²) >= 11 is 0. The van der Waals surface area contributed by atoms with Crippen molar-refractivity contribution in [2.24, 2.45) is 5.92 Å². The fourth-order valence-electron chi connectivity index (χ4n) is 1.01. The van der Waals surface area contributed by atoms with Crippen LogP contribution in [0.1, 0.15) is 20.8 Å². The van der Waals surface area contributed by atoms with Gasteiger partial charge < -0.3 is 5.11 Å². The molecule has 0 atom stereocenters. The van der Waals surface area contributed by atoms with E-state index in [2.05, 4.69) is 13.8 Å². The van der Waals surface area contributed by atoms with Crippen LogP contribution in [0.2, 0.25) is 0 Å². The molecule has 11 heavy (non-hydrogen) atoms. The van der Waals surface area contributed by atoms with Gasteiger partial charge in [0.1, 0.15) is 0 Å². The zero-order valence-corrected chi connectivity index (χ0v) is 7.50. The summed E-state index contributed by atoms with van der Waals surface area (Å²) in [5.41, 5.74) is 0. The van der Waals surface area contributed by atoms with E-state index in [0.29, 0.717) is 5.92 Å². The van der Waals surface area contributed by atoms with Gasteiger partial charge in [0.15, 0.2) is 0 Å². The summed E-state index contributed by atoms with van der Waals surface area (Å²) in [6, 6.07) is 0. The van der Waals surface area contributed by atoms with Crippen LogP contribution in [-0.2, 0) is 4.79 Å². The Morgan fingerprint density at radius 1 is 1.55 bits per heavy atom. The van der Waals surface area contributed by atoms with Gasteiger partial charge in [-0.2, -0.15) is 0 Å². The summed E-state index contributed by atoms with van der Waals surface area (Å²) in [6.45, 7) is 7.99. The standard InChI is InChI=1S/C8H17NO2/c1-4-9(5-7(2)3)6-8(10)11/h7H,4-6H2,1-3H3,(H,10,11). The van der Waals surface area contributed by atoms with E-state index in [4.69, 9.17) is 5.11 Å². The van der Waals surface area contributed by atoms with Crippen molar-refractivity contribution in [1.82, 2.24) is 4.90 Å². The zero-order chi connectivity index (χ0) is 8.85. The first kappa shape index (κ1) is 10.4. The molecule has 0 spiro atoms. The van der Waals surface area contributed by atoms with Crippen molar-refractivity contribution in [3.05, 3.63) is 0 Å². The molecule has 0 aromatic carbocycles. The molecule has 0 bridgehead atoms. The molecule has 0 fully saturated rings. The minimum atomic E-state index is -0.743. The van der Waals surface area contributed by atoms with Crippen LogP contribution in [0.15, 0.2) is 0 Å². The third-order valence-corrected chi connectivity index (χ3v) is 1.43. The molecule has 0 unspecified atom stereocenters. The third kappa shape index (κ3) is 5.85. The van der Waals surface area contributed by atoms with Crippen molar-refractivity contribution in [1.29, 1.82) is 0 Å². The Bertz CT molecular complexity index is 123. The molecule has 0 aliphatic carbocycles. The minimum absolute atomic E-state index is 0.161. The first-order chi connectivity index (χ1) is 5.06. The largest absolute Gasteiger partial charge is 0.480 e. The van der Waals surface area contributed by atoms with E-state index in [-0.39, 0.29) is 6.54 Å². The smallest absolute Gasteiger partial charge is 0.317 e. The van der Waals surface area contributed by atoms with Crippen molar-refractivity contribution in [3.8, 4) is 0 Å². The van der Waals surface area contributed by atoms with Gasteiger partial charge in [-0.05, 0) is 12.5 Å². The molecule has 0 aromatic rings. The molecular formula is C8H17NO2. The lowest BCUT2D eigenvalue weighted by Crippen LogP contribution is -2.32. The van der Waals surface area contributed by atoms with E-state index in [0.717, 1.165) is 13.1 Å². The molecule has 0 rings (SSSR count). The van der Waals surface area contributed by atoms with E-state index in [1.165, 1.54) is 0 Å². The van der Waals surface area contributed by atoms with Gasteiger partial charge in [-0.25, -0.2) is 0 Å². The van der Waals surface area contributed by atoms with Crippen LogP contribution in [0.25, 0.3) is 0 Å². The van der Waals surface area contributed by atoms with E-state index < -0.39 is 5.97 Å². The second kappa shape index (κ2) is 5.13. The lowest BCUT2D eigenvalue weighted by atomic mass is 10.2. The van der Waals surface area contributed by atoms with E-state index in [1.807, 2.05) is 11.8 Å². The Morgan fingerprint density at radius 3 is 2.36 bits per heavy atom. The average molecular weight is 159 g/mol. The van der Waals surface area contributed by atoms with Crippen molar-refractivity contribution >= 4 is 5.97 Å². The number of rotatable bonds is 5. The maximum Gasteiger partial charge on any atom is 0.317 e. The summed E-state index contributed by atoms with van der Waals surface area (Å²) in [7, 11) is 0. The van der Waals surface area contributed by atoms with Crippen molar-refractivity contribution < 1.29 is 9.90 Å². The number of carboxylic acids is 1. The summed E-state index contributed by atoms with van der Waals surface area (Å²) in [6.07, 6.45) is 0. The molecule has 66 valence electrons. The highest BCUT2D eigenvalue weighted by Gasteiger charge is 2.07. The average Bonchev–Trinajstić information content (AvgIpc) is 1.84. The fourth-order valence-corrected chi connectivity index (χ4v) is 1.01. The molecule has 0 radical (unpaired) electrons. The number of nitrogens with zero attached hydrogens (tertiary/aromatic N) is 1. The van der Waals surface area contributed by atoms with Gasteiger partial charge in [0.25, 0.3) is 0 Å². The molecule has 3 heteroatoms. The molecule has 3 nitrogen and oxygen atoms in total. The Morgan fingerprint density at radius 2 is 2.09 bits per heavy atom. The first-order valence-corrected chi connectivity index (χ1v) is 4.00. The predicted molar refractivity (Wildman–Crippen MR) is 44.6 cm³/mol. The Balaban J connectivity index is 3.66. The highest BCUT2D eigenvalue weighted by Crippen LogP contribution is 1.97. The van der Waals surface area contributed by atoms with Gasteiger partial charge in [0.05, 0.1) is 6.54 Å². The monoisotopic (exact) mass is 159 g/mol. The van der Waals surface area contributed by atoms with Gasteiger partial charge in [-0.1, -0.05) is 20.8 Å². The van der Waals surface area contributed by atoms with Gasteiger partial charge in [-0.15, -0.1) is 0 Å². The molecule has 0 aliphatic rings. The van der Waals surface area contributed by atoms with Crippen LogP contribution in [0.3, 0.4) is 0 Å². The minimum Gasteiger partial charge on any atom is -0.480 e. The number of carboxylic acid groups (broad SMARTS) is 1. The van der Waals surface area contributed by atoms with Crippen LogP contribution in [-0.4, -0.2) is 35.6 Å². The zero-order valence-electron chi connectivity index (χ0n) is 7.50. The summed E-state index contributed by atoms with van der Waals surface area (Å²) < 4.78 is 0. The molecule has 1 N–H and O–H groups in total. The Kier molecular flexibility index (Phi) is 4.86. The number of aliphatic carboxylic acids is 1. The molecule has 0 heterocycles. The molecule has 0 saturated carbocycles. The SMILES string of the molecule is CCN(CC(=O)O)CC(C)C. The van der Waals surface area contributed by atoms with Crippen molar-refractivity contribution in [2.45, 2.75) is 20.8 Å². The van der Waals surface area contributed by atoms with Gasteiger partial charge >= 0.3 is 5.97 Å². The summed E-state index contributed by atoms with van der Waals surface area (Å²) in [4.78, 5) is 12.2. The fraction of sp³-hybridized carbons (Fsp3) is 0.875. The number of carbonyl (C=O) groups is 1. The van der Waals surface area contributed by atoms with Crippen LogP contribution >= 0.6 is 0 Å². The predicted octanol–water partition coefficient (Wildman–Crippen LogP) is 1.05. The maximum absolute atomic E-state index is 10.3. The van der Waals surface area contributed by atoms with Gasteiger partial charge in [-0.3, -0.25) is 9.69 Å². The Hall–Kier alpha value is -0.570. The normalized spacial score (nSPS) is 11.0. The molecule has 0 saturated heterocycles.